The van der Waals surface area contributed by atoms with Crippen molar-refractivity contribution in [2.24, 2.45) is 35.5 Å². The molecule has 0 heterocycles. The molecule has 0 N–H and O–H groups in total. The van der Waals surface area contributed by atoms with Crippen molar-refractivity contribution in [1.82, 2.24) is 4.90 Å². The highest BCUT2D eigenvalue weighted by Crippen LogP contribution is 2.42. The van der Waals surface area contributed by atoms with Gasteiger partial charge in [0.15, 0.2) is 6.61 Å². The smallest absolute Gasteiger partial charge is 0.344 e. The van der Waals surface area contributed by atoms with Crippen molar-refractivity contribution in [1.29, 1.82) is 0 Å². The molecule has 0 saturated heterocycles. The molecule has 2 saturated carbocycles. The minimum Gasteiger partial charge on any atom is -0.482 e. The first kappa shape index (κ1) is 28.3. The van der Waals surface area contributed by atoms with Crippen LogP contribution in [0.2, 0.25) is 5.02 Å². The molecule has 0 aliphatic heterocycles. The highest BCUT2D eigenvalue weighted by Gasteiger charge is 2.42. The van der Waals surface area contributed by atoms with Crippen LogP contribution in [0, 0.1) is 35.5 Å². The molecular weight excluding hydrogens is 458 g/mol. The Balaban J connectivity index is 1.68. The molecule has 1 aromatic rings. The third-order valence-electron chi connectivity index (χ3n) is 8.61. The van der Waals surface area contributed by atoms with Gasteiger partial charge >= 0.3 is 5.97 Å². The van der Waals surface area contributed by atoms with E-state index in [1.165, 1.54) is 38.5 Å². The van der Waals surface area contributed by atoms with E-state index in [-0.39, 0.29) is 12.6 Å². The molecule has 2 aliphatic rings. The summed E-state index contributed by atoms with van der Waals surface area (Å²) in [6, 6.07) is 8.19. The van der Waals surface area contributed by atoms with Gasteiger partial charge in [-0.15, -0.1) is 0 Å². The highest BCUT2D eigenvalue weighted by molar-refractivity contribution is 6.30. The van der Waals surface area contributed by atoms with Gasteiger partial charge in [0, 0.05) is 23.7 Å². The molecule has 3 rings (SSSR count). The molecule has 1 aromatic carbocycles. The Morgan fingerprint density at radius 1 is 0.914 bits per heavy atom. The van der Waals surface area contributed by atoms with E-state index in [1.807, 2.05) is 0 Å². The monoisotopic (exact) mass is 505 g/mol. The average Bonchev–Trinajstić information content (AvgIpc) is 2.81. The Labute approximate surface area is 219 Å². The van der Waals surface area contributed by atoms with E-state index >= 15 is 0 Å². The quantitative estimate of drug-likeness (QED) is 0.309. The van der Waals surface area contributed by atoms with Gasteiger partial charge in [-0.05, 0) is 85.5 Å². The zero-order valence-corrected chi connectivity index (χ0v) is 23.6. The van der Waals surface area contributed by atoms with Crippen molar-refractivity contribution in [2.45, 2.75) is 92.2 Å². The molecule has 6 atom stereocenters. The largest absolute Gasteiger partial charge is 0.482 e. The number of rotatable bonds is 10. The fraction of sp³-hybridized carbons (Fsp3) is 0.767. The van der Waals surface area contributed by atoms with Crippen LogP contribution in [-0.2, 0) is 9.53 Å². The molecule has 0 spiro atoms. The summed E-state index contributed by atoms with van der Waals surface area (Å²) >= 11 is 5.93. The number of carbonyl (C=O) groups is 1. The third kappa shape index (κ3) is 8.12. The maximum absolute atomic E-state index is 12.5. The lowest BCUT2D eigenvalue weighted by molar-refractivity contribution is -0.147. The molecule has 4 nitrogen and oxygen atoms in total. The predicted molar refractivity (Wildman–Crippen MR) is 145 cm³/mol. The summed E-state index contributed by atoms with van der Waals surface area (Å²) < 4.78 is 11.3. The van der Waals surface area contributed by atoms with E-state index in [0.717, 1.165) is 18.4 Å². The summed E-state index contributed by atoms with van der Waals surface area (Å²) in [5.41, 5.74) is 0. The van der Waals surface area contributed by atoms with Crippen LogP contribution in [0.4, 0.5) is 0 Å². The number of carbonyl (C=O) groups excluding carboxylic acids is 1. The lowest BCUT2D eigenvalue weighted by atomic mass is 9.69. The van der Waals surface area contributed by atoms with Gasteiger partial charge in [0.25, 0.3) is 0 Å². The van der Waals surface area contributed by atoms with Crippen LogP contribution in [-0.4, -0.2) is 42.7 Å². The van der Waals surface area contributed by atoms with Crippen molar-refractivity contribution in [3.63, 3.8) is 0 Å². The lowest BCUT2D eigenvalue weighted by Gasteiger charge is -2.51. The van der Waals surface area contributed by atoms with Crippen molar-refractivity contribution in [3.05, 3.63) is 29.3 Å². The highest BCUT2D eigenvalue weighted by atomic mass is 35.5. The van der Waals surface area contributed by atoms with E-state index in [4.69, 9.17) is 21.1 Å². The fourth-order valence-corrected chi connectivity index (χ4v) is 6.75. The Kier molecular flexibility index (Phi) is 10.8. The van der Waals surface area contributed by atoms with Crippen molar-refractivity contribution in [2.75, 3.05) is 19.8 Å². The number of halogens is 1. The first-order valence-electron chi connectivity index (χ1n) is 13.9. The van der Waals surface area contributed by atoms with Gasteiger partial charge in [-0.2, -0.15) is 0 Å². The predicted octanol–water partition coefficient (Wildman–Crippen LogP) is 7.49. The molecule has 0 radical (unpaired) electrons. The molecule has 0 aromatic heterocycles. The molecule has 2 aliphatic carbocycles. The second kappa shape index (κ2) is 13.3. The molecule has 5 heteroatoms. The van der Waals surface area contributed by atoms with Crippen molar-refractivity contribution in [3.8, 4) is 5.75 Å². The van der Waals surface area contributed by atoms with Crippen LogP contribution >= 0.6 is 11.6 Å². The topological polar surface area (TPSA) is 38.8 Å². The van der Waals surface area contributed by atoms with Crippen LogP contribution in [0.5, 0.6) is 5.75 Å². The number of esters is 1. The fourth-order valence-electron chi connectivity index (χ4n) is 6.62. The molecular formula is C30H48ClNO3. The van der Waals surface area contributed by atoms with Gasteiger partial charge in [-0.1, -0.05) is 66.0 Å². The second-order valence-electron chi connectivity index (χ2n) is 12.0. The zero-order valence-electron chi connectivity index (χ0n) is 22.8. The normalized spacial score (nSPS) is 29.5. The van der Waals surface area contributed by atoms with E-state index in [2.05, 4.69) is 46.4 Å². The van der Waals surface area contributed by atoms with E-state index in [9.17, 15) is 4.79 Å². The summed E-state index contributed by atoms with van der Waals surface area (Å²) in [7, 11) is 0. The molecule has 198 valence electrons. The standard InChI is InChI=1S/C30H48ClNO3/c1-20(2)26-13-7-22(5)17-28(26)32(29-18-23(6)8-14-27(29)21(3)4)15-16-34-30(33)19-35-25-11-9-24(31)10-12-25/h9-12,20-23,26-29H,7-8,13-19H2,1-6H3. The second-order valence-corrected chi connectivity index (χ2v) is 12.4. The van der Waals surface area contributed by atoms with Gasteiger partial charge < -0.3 is 9.47 Å². The van der Waals surface area contributed by atoms with Crippen molar-refractivity contribution < 1.29 is 14.3 Å². The minimum absolute atomic E-state index is 0.0776. The van der Waals surface area contributed by atoms with Crippen molar-refractivity contribution >= 4 is 17.6 Å². The van der Waals surface area contributed by atoms with E-state index < -0.39 is 0 Å². The summed E-state index contributed by atoms with van der Waals surface area (Å²) in [6.07, 6.45) is 7.79. The Morgan fingerprint density at radius 3 is 1.91 bits per heavy atom. The minimum atomic E-state index is -0.310. The Bertz CT molecular complexity index is 748. The van der Waals surface area contributed by atoms with Crippen LogP contribution in [0.25, 0.3) is 0 Å². The molecule has 2 fully saturated rings. The van der Waals surface area contributed by atoms with Gasteiger partial charge in [-0.25, -0.2) is 4.79 Å². The first-order chi connectivity index (χ1) is 16.7. The van der Waals surface area contributed by atoms with Gasteiger partial charge in [0.1, 0.15) is 12.4 Å². The van der Waals surface area contributed by atoms with Crippen LogP contribution in [0.1, 0.15) is 80.1 Å². The maximum atomic E-state index is 12.5. The number of hydrogen-bond acceptors (Lipinski definition) is 4. The van der Waals surface area contributed by atoms with E-state index in [1.54, 1.807) is 24.3 Å². The Hall–Kier alpha value is -1.26. The van der Waals surface area contributed by atoms with Crippen LogP contribution in [0.3, 0.4) is 0 Å². The summed E-state index contributed by atoms with van der Waals surface area (Å²) in [5, 5.41) is 0.647. The number of ether oxygens (including phenoxy) is 2. The summed E-state index contributed by atoms with van der Waals surface area (Å²) in [5.74, 6) is 4.58. The SMILES string of the molecule is CC1CCC(C(C)C)C(N(CCOC(=O)COc2ccc(Cl)cc2)C2CC(C)CCC2C(C)C)C1. The molecule has 6 unspecified atom stereocenters. The van der Waals surface area contributed by atoms with E-state index in [0.29, 0.717) is 53.1 Å². The first-order valence-corrected chi connectivity index (χ1v) is 14.3. The molecule has 35 heavy (non-hydrogen) atoms. The summed E-state index contributed by atoms with van der Waals surface area (Å²) in [4.78, 5) is 15.3. The van der Waals surface area contributed by atoms with Crippen LogP contribution in [0.15, 0.2) is 24.3 Å². The number of hydrogen-bond donors (Lipinski definition) is 0. The maximum Gasteiger partial charge on any atom is 0.344 e. The number of benzene rings is 1. The third-order valence-corrected chi connectivity index (χ3v) is 8.86. The summed E-state index contributed by atoms with van der Waals surface area (Å²) in [6.45, 7) is 15.6. The van der Waals surface area contributed by atoms with Gasteiger partial charge in [0.05, 0.1) is 0 Å². The van der Waals surface area contributed by atoms with Gasteiger partial charge in [0.2, 0.25) is 0 Å². The number of nitrogens with zero attached hydrogens (tertiary/aromatic N) is 1. The lowest BCUT2D eigenvalue weighted by Crippen LogP contribution is -2.56. The van der Waals surface area contributed by atoms with Crippen LogP contribution < -0.4 is 4.74 Å². The Morgan fingerprint density at radius 2 is 1.43 bits per heavy atom. The van der Waals surface area contributed by atoms with Gasteiger partial charge in [-0.3, -0.25) is 4.90 Å². The average molecular weight is 506 g/mol. The zero-order chi connectivity index (χ0) is 25.5. The molecule has 0 amide bonds. The molecule has 0 bridgehead atoms.